The highest BCUT2D eigenvalue weighted by molar-refractivity contribution is 5.87. The normalized spacial score (nSPS) is 10.7. The minimum atomic E-state index is 0.858. The van der Waals surface area contributed by atoms with Crippen molar-refractivity contribution in [3.63, 3.8) is 0 Å². The Kier molecular flexibility index (Phi) is 3.01. The molecule has 2 aromatic heterocycles. The summed E-state index contributed by atoms with van der Waals surface area (Å²) in [7, 11) is 0. The Morgan fingerprint density at radius 2 is 1.36 bits per heavy atom. The van der Waals surface area contributed by atoms with Gasteiger partial charge in [-0.05, 0) is 42.5 Å². The van der Waals surface area contributed by atoms with Crippen LogP contribution in [0.2, 0.25) is 0 Å². The predicted octanol–water partition coefficient (Wildman–Crippen LogP) is 3.62. The summed E-state index contributed by atoms with van der Waals surface area (Å²) in [4.78, 5) is 13.3. The van der Waals surface area contributed by atoms with E-state index < -0.39 is 0 Å². The molecule has 0 bridgehead atoms. The lowest BCUT2D eigenvalue weighted by molar-refractivity contribution is 1.30. The van der Waals surface area contributed by atoms with Crippen molar-refractivity contribution < 1.29 is 0 Å². The summed E-state index contributed by atoms with van der Waals surface area (Å²) in [5.74, 6) is 0. The molecule has 4 rings (SSSR count). The predicted molar refractivity (Wildman–Crippen MR) is 88.5 cm³/mol. The fourth-order valence-corrected chi connectivity index (χ4v) is 2.28. The molecule has 5 heteroatoms. The Labute approximate surface area is 127 Å². The first-order chi connectivity index (χ1) is 10.9. The fraction of sp³-hybridized carbons (Fsp3) is 0. The van der Waals surface area contributed by atoms with Crippen LogP contribution in [0.5, 0.6) is 0 Å². The number of aromatic nitrogens is 3. The molecule has 2 N–H and O–H groups in total. The van der Waals surface area contributed by atoms with Gasteiger partial charge in [-0.25, -0.2) is 9.97 Å². The third kappa shape index (κ3) is 2.40. The summed E-state index contributed by atoms with van der Waals surface area (Å²) in [6.45, 7) is 0. The number of fused-ring (bicyclic) bond motifs is 2. The van der Waals surface area contributed by atoms with E-state index in [4.69, 9.17) is 0 Å². The van der Waals surface area contributed by atoms with Gasteiger partial charge in [-0.3, -0.25) is 10.4 Å². The van der Waals surface area contributed by atoms with E-state index >= 15 is 0 Å². The molecule has 0 fully saturated rings. The Morgan fingerprint density at radius 1 is 0.636 bits per heavy atom. The molecule has 0 aliphatic rings. The molecule has 22 heavy (non-hydrogen) atoms. The van der Waals surface area contributed by atoms with Gasteiger partial charge in [0.15, 0.2) is 0 Å². The van der Waals surface area contributed by atoms with Crippen molar-refractivity contribution >= 4 is 33.4 Å². The van der Waals surface area contributed by atoms with Gasteiger partial charge in [0, 0.05) is 6.20 Å². The molecule has 2 heterocycles. The Bertz CT molecular complexity index is 937. The van der Waals surface area contributed by atoms with Crippen LogP contribution in [0.15, 0.2) is 67.0 Å². The number of hydrazine groups is 1. The smallest absolute Gasteiger partial charge is 0.0915 e. The lowest BCUT2D eigenvalue weighted by Gasteiger charge is -2.10. The van der Waals surface area contributed by atoms with Crippen LogP contribution in [-0.4, -0.2) is 15.0 Å². The van der Waals surface area contributed by atoms with E-state index in [2.05, 4.69) is 25.8 Å². The highest BCUT2D eigenvalue weighted by Crippen LogP contribution is 2.19. The first-order valence-corrected chi connectivity index (χ1v) is 6.97. The fourth-order valence-electron chi connectivity index (χ4n) is 2.28. The van der Waals surface area contributed by atoms with Crippen molar-refractivity contribution in [2.75, 3.05) is 10.9 Å². The summed E-state index contributed by atoms with van der Waals surface area (Å²) in [5.41, 5.74) is 11.6. The van der Waals surface area contributed by atoms with Crippen molar-refractivity contribution in [1.29, 1.82) is 0 Å². The van der Waals surface area contributed by atoms with Crippen molar-refractivity contribution in [3.8, 4) is 0 Å². The number of hydrogen-bond donors (Lipinski definition) is 2. The zero-order valence-corrected chi connectivity index (χ0v) is 11.7. The van der Waals surface area contributed by atoms with Gasteiger partial charge in [-0.2, -0.15) is 0 Å². The average Bonchev–Trinajstić information content (AvgIpc) is 2.59. The van der Waals surface area contributed by atoms with E-state index in [1.807, 2.05) is 54.6 Å². The molecule has 5 nitrogen and oxygen atoms in total. The van der Waals surface area contributed by atoms with Crippen LogP contribution >= 0.6 is 0 Å². The van der Waals surface area contributed by atoms with Gasteiger partial charge in [0.25, 0.3) is 0 Å². The number of pyridine rings is 1. The van der Waals surface area contributed by atoms with Crippen molar-refractivity contribution in [1.82, 2.24) is 15.0 Å². The third-order valence-corrected chi connectivity index (χ3v) is 3.35. The minimum absolute atomic E-state index is 0.858. The molecule has 4 aromatic rings. The van der Waals surface area contributed by atoms with Crippen molar-refractivity contribution in [3.05, 3.63) is 67.0 Å². The molecule has 2 aromatic carbocycles. The second-order valence-electron chi connectivity index (χ2n) is 4.91. The topological polar surface area (TPSA) is 62.7 Å². The van der Waals surface area contributed by atoms with Crippen LogP contribution in [0.3, 0.4) is 0 Å². The largest absolute Gasteiger partial charge is 0.301 e. The van der Waals surface area contributed by atoms with E-state index in [0.29, 0.717) is 0 Å². The number of hydrogen-bond acceptors (Lipinski definition) is 5. The number of nitrogens with one attached hydrogen (secondary N) is 2. The molecule has 0 amide bonds. The lowest BCUT2D eigenvalue weighted by atomic mass is 10.2. The Balaban J connectivity index is 1.66. The molecule has 0 unspecified atom stereocenters. The third-order valence-electron chi connectivity index (χ3n) is 3.35. The van der Waals surface area contributed by atoms with E-state index in [0.717, 1.165) is 33.4 Å². The van der Waals surface area contributed by atoms with Gasteiger partial charge in [0.2, 0.25) is 0 Å². The summed E-state index contributed by atoms with van der Waals surface area (Å²) < 4.78 is 0. The van der Waals surface area contributed by atoms with E-state index in [9.17, 15) is 0 Å². The Hall–Kier alpha value is -3.21. The van der Waals surface area contributed by atoms with Crippen LogP contribution < -0.4 is 10.9 Å². The number of anilines is 2. The molecule has 0 saturated carbocycles. The standard InChI is InChI=1S/C17H13N5/c1-2-6-15-14(5-1)19-16-8-7-12(10-17(16)20-15)21-22-13-4-3-9-18-11-13/h1-11,21-22H. The first kappa shape index (κ1) is 12.5. The molecule has 0 aliphatic carbocycles. The second kappa shape index (κ2) is 5.29. The molecule has 106 valence electrons. The van der Waals surface area contributed by atoms with Crippen molar-refractivity contribution in [2.24, 2.45) is 0 Å². The highest BCUT2D eigenvalue weighted by Gasteiger charge is 2.02. The molecular weight excluding hydrogens is 274 g/mol. The zero-order chi connectivity index (χ0) is 14.8. The SMILES string of the molecule is c1cncc(NNc2ccc3nc4ccccc4nc3c2)c1. The summed E-state index contributed by atoms with van der Waals surface area (Å²) >= 11 is 0. The van der Waals surface area contributed by atoms with Gasteiger partial charge in [0.05, 0.1) is 39.6 Å². The van der Waals surface area contributed by atoms with Gasteiger partial charge in [0.1, 0.15) is 0 Å². The van der Waals surface area contributed by atoms with E-state index in [-0.39, 0.29) is 0 Å². The van der Waals surface area contributed by atoms with Crippen LogP contribution in [-0.2, 0) is 0 Å². The summed E-state index contributed by atoms with van der Waals surface area (Å²) in [5, 5.41) is 0. The molecule has 0 aliphatic heterocycles. The van der Waals surface area contributed by atoms with Crippen molar-refractivity contribution in [2.45, 2.75) is 0 Å². The maximum atomic E-state index is 4.65. The van der Waals surface area contributed by atoms with E-state index in [1.165, 1.54) is 0 Å². The molecular formula is C17H13N5. The summed E-state index contributed by atoms with van der Waals surface area (Å²) in [6.07, 6.45) is 3.49. The molecule has 0 saturated heterocycles. The maximum absolute atomic E-state index is 4.65. The first-order valence-electron chi connectivity index (χ1n) is 6.97. The second-order valence-corrected chi connectivity index (χ2v) is 4.91. The van der Waals surface area contributed by atoms with Crippen LogP contribution in [0.1, 0.15) is 0 Å². The minimum Gasteiger partial charge on any atom is -0.301 e. The van der Waals surface area contributed by atoms with Gasteiger partial charge < -0.3 is 5.43 Å². The Morgan fingerprint density at radius 3 is 2.14 bits per heavy atom. The number of benzene rings is 2. The molecule has 0 atom stereocenters. The maximum Gasteiger partial charge on any atom is 0.0915 e. The number of nitrogens with zero attached hydrogens (tertiary/aromatic N) is 3. The average molecular weight is 287 g/mol. The highest BCUT2D eigenvalue weighted by atomic mass is 15.4. The monoisotopic (exact) mass is 287 g/mol. The van der Waals surface area contributed by atoms with Crippen LogP contribution in [0.4, 0.5) is 11.4 Å². The molecule has 0 radical (unpaired) electrons. The van der Waals surface area contributed by atoms with Gasteiger partial charge in [-0.1, -0.05) is 12.1 Å². The quantitative estimate of drug-likeness (QED) is 0.445. The van der Waals surface area contributed by atoms with Crippen LogP contribution in [0, 0.1) is 0 Å². The van der Waals surface area contributed by atoms with Gasteiger partial charge >= 0.3 is 0 Å². The zero-order valence-electron chi connectivity index (χ0n) is 11.7. The number of para-hydroxylation sites is 2. The lowest BCUT2D eigenvalue weighted by Crippen LogP contribution is -2.08. The van der Waals surface area contributed by atoms with Gasteiger partial charge in [-0.15, -0.1) is 0 Å². The molecule has 0 spiro atoms. The van der Waals surface area contributed by atoms with E-state index in [1.54, 1.807) is 12.4 Å². The summed E-state index contributed by atoms with van der Waals surface area (Å²) in [6, 6.07) is 17.6. The number of rotatable bonds is 3. The van der Waals surface area contributed by atoms with Crippen LogP contribution in [0.25, 0.3) is 22.1 Å².